The molecule has 1 aliphatic rings. The van der Waals surface area contributed by atoms with Crippen LogP contribution >= 0.6 is 0 Å². The molecule has 4 atom stereocenters. The van der Waals surface area contributed by atoms with Gasteiger partial charge in [-0.25, -0.2) is 14.2 Å². The second-order valence-corrected chi connectivity index (χ2v) is 8.26. The Kier molecular flexibility index (Phi) is 9.25. The van der Waals surface area contributed by atoms with Gasteiger partial charge in [-0.05, 0) is 56.9 Å². The molecular weight excluding hydrogens is 459 g/mol. The number of hydrogen-bond donors (Lipinski definition) is 2. The van der Waals surface area contributed by atoms with Crippen LogP contribution in [0.15, 0.2) is 36.5 Å². The number of cyclic esters (lactones) is 1. The number of methoxy groups -OCH3 is 1. The van der Waals surface area contributed by atoms with Gasteiger partial charge in [-0.15, -0.1) is 0 Å². The fourth-order valence-corrected chi connectivity index (χ4v) is 3.85. The number of esters is 1. The molecule has 3 rings (SSSR count). The number of aromatic hydroxyl groups is 1. The van der Waals surface area contributed by atoms with Crippen LogP contribution in [0.5, 0.6) is 17.2 Å². The molecule has 9 nitrogen and oxygen atoms in total. The van der Waals surface area contributed by atoms with Crippen LogP contribution in [0.2, 0.25) is 0 Å². The average Bonchev–Trinajstić information content (AvgIpc) is 2.89. The van der Waals surface area contributed by atoms with E-state index in [-0.39, 0.29) is 29.8 Å². The number of carbonyl (C=O) groups is 2. The molecule has 0 spiro atoms. The van der Waals surface area contributed by atoms with Crippen LogP contribution in [-0.4, -0.2) is 60.0 Å². The van der Waals surface area contributed by atoms with Crippen LogP contribution in [0.3, 0.4) is 0 Å². The molecule has 2 N–H and O–H groups in total. The van der Waals surface area contributed by atoms with E-state index in [1.807, 2.05) is 6.92 Å². The number of amides is 1. The Balaban J connectivity index is 1.77. The van der Waals surface area contributed by atoms with E-state index in [2.05, 4.69) is 10.3 Å². The van der Waals surface area contributed by atoms with Gasteiger partial charge in [0, 0.05) is 18.9 Å². The van der Waals surface area contributed by atoms with Crippen molar-refractivity contribution in [1.82, 2.24) is 10.3 Å². The summed E-state index contributed by atoms with van der Waals surface area (Å²) in [6, 6.07) is 6.04. The summed E-state index contributed by atoms with van der Waals surface area (Å²) in [5, 5.41) is 12.8. The number of hydrogen-bond acceptors (Lipinski definition) is 8. The van der Waals surface area contributed by atoms with Gasteiger partial charge < -0.3 is 29.4 Å². The largest absolute Gasteiger partial charge is 0.503 e. The monoisotopic (exact) mass is 490 g/mol. The standard InChI is InChI=1S/C25H31FN2O7/c1-4-14-33-20-7-5-6-18(28-24(30)21-22(29)19(32-3)12-13-27-21)25(31)34-15(2)23(20)35-17-10-8-16(26)9-11-17/h8-13,15,18,20,23,29H,4-7,14H2,1-3H3,(H,28,30). The molecule has 0 saturated carbocycles. The van der Waals surface area contributed by atoms with Crippen molar-refractivity contribution < 1.29 is 38.0 Å². The summed E-state index contributed by atoms with van der Waals surface area (Å²) in [5.74, 6) is -1.66. The number of aromatic nitrogens is 1. The maximum Gasteiger partial charge on any atom is 0.329 e. The molecule has 1 saturated heterocycles. The molecule has 1 amide bonds. The van der Waals surface area contributed by atoms with Gasteiger partial charge >= 0.3 is 5.97 Å². The lowest BCUT2D eigenvalue weighted by atomic mass is 10.0. The quantitative estimate of drug-likeness (QED) is 0.541. The van der Waals surface area contributed by atoms with E-state index >= 15 is 0 Å². The number of benzene rings is 1. The SMILES string of the molecule is CCCOC1CCCC(NC(=O)c2nccc(OC)c2O)C(=O)OC(C)C1Oc1ccc(F)cc1. The van der Waals surface area contributed by atoms with Gasteiger partial charge in [-0.2, -0.15) is 0 Å². The van der Waals surface area contributed by atoms with Crippen molar-refractivity contribution in [3.8, 4) is 17.2 Å². The lowest BCUT2D eigenvalue weighted by Crippen LogP contribution is -2.46. The minimum absolute atomic E-state index is 0.0903. The molecule has 0 radical (unpaired) electrons. The van der Waals surface area contributed by atoms with Crippen molar-refractivity contribution >= 4 is 11.9 Å². The maximum absolute atomic E-state index is 13.3. The normalized spacial score (nSPS) is 22.8. The summed E-state index contributed by atoms with van der Waals surface area (Å²) in [6.45, 7) is 4.17. The molecule has 1 aromatic heterocycles. The van der Waals surface area contributed by atoms with Gasteiger partial charge in [0.1, 0.15) is 23.7 Å². The molecule has 1 fully saturated rings. The Hall–Kier alpha value is -3.40. The third-order valence-electron chi connectivity index (χ3n) is 5.65. The average molecular weight is 491 g/mol. The number of nitrogens with zero attached hydrogens (tertiary/aromatic N) is 1. The summed E-state index contributed by atoms with van der Waals surface area (Å²) in [7, 11) is 1.36. The van der Waals surface area contributed by atoms with Gasteiger partial charge in [0.15, 0.2) is 23.3 Å². The van der Waals surface area contributed by atoms with Crippen LogP contribution in [0.1, 0.15) is 50.0 Å². The van der Waals surface area contributed by atoms with Crippen LogP contribution in [-0.2, 0) is 14.3 Å². The van der Waals surface area contributed by atoms with Crippen molar-refractivity contribution in [3.05, 3.63) is 48.0 Å². The lowest BCUT2D eigenvalue weighted by molar-refractivity contribution is -0.159. The second kappa shape index (κ2) is 12.3. The van der Waals surface area contributed by atoms with Crippen LogP contribution < -0.4 is 14.8 Å². The predicted molar refractivity (Wildman–Crippen MR) is 124 cm³/mol. The molecule has 10 heteroatoms. The molecule has 4 unspecified atom stereocenters. The second-order valence-electron chi connectivity index (χ2n) is 8.26. The third-order valence-corrected chi connectivity index (χ3v) is 5.65. The fourth-order valence-electron chi connectivity index (χ4n) is 3.85. The molecule has 190 valence electrons. The lowest BCUT2D eigenvalue weighted by Gasteiger charge is -2.31. The highest BCUT2D eigenvalue weighted by Gasteiger charge is 2.36. The zero-order valence-corrected chi connectivity index (χ0v) is 20.0. The molecule has 2 heterocycles. The van der Waals surface area contributed by atoms with E-state index in [9.17, 15) is 19.1 Å². The van der Waals surface area contributed by atoms with Gasteiger partial charge in [0.25, 0.3) is 5.91 Å². The van der Waals surface area contributed by atoms with Gasteiger partial charge in [-0.1, -0.05) is 6.92 Å². The molecule has 0 bridgehead atoms. The number of halogens is 1. The summed E-state index contributed by atoms with van der Waals surface area (Å²) in [4.78, 5) is 29.7. The first-order chi connectivity index (χ1) is 16.8. The number of nitrogens with one attached hydrogen (secondary N) is 1. The van der Waals surface area contributed by atoms with E-state index in [0.717, 1.165) is 6.42 Å². The highest BCUT2D eigenvalue weighted by molar-refractivity contribution is 5.97. The predicted octanol–water partition coefficient (Wildman–Crippen LogP) is 3.39. The minimum Gasteiger partial charge on any atom is -0.503 e. The molecule has 1 aliphatic heterocycles. The molecular formula is C25H31FN2O7. The Labute approximate surface area is 203 Å². The Morgan fingerprint density at radius 2 is 2.00 bits per heavy atom. The van der Waals surface area contributed by atoms with Crippen LogP contribution in [0.4, 0.5) is 4.39 Å². The summed E-state index contributed by atoms with van der Waals surface area (Å²) < 4.78 is 36.1. The van der Waals surface area contributed by atoms with Crippen molar-refractivity contribution in [3.63, 3.8) is 0 Å². The van der Waals surface area contributed by atoms with Crippen molar-refractivity contribution in [2.24, 2.45) is 0 Å². The highest BCUT2D eigenvalue weighted by Crippen LogP contribution is 2.28. The smallest absolute Gasteiger partial charge is 0.329 e. The molecule has 1 aromatic carbocycles. The topological polar surface area (TPSA) is 116 Å². The zero-order valence-electron chi connectivity index (χ0n) is 20.0. The first-order valence-corrected chi connectivity index (χ1v) is 11.6. The van der Waals surface area contributed by atoms with E-state index in [0.29, 0.717) is 25.2 Å². The van der Waals surface area contributed by atoms with E-state index < -0.39 is 35.9 Å². The van der Waals surface area contributed by atoms with Gasteiger partial charge in [0.2, 0.25) is 0 Å². The first kappa shape index (κ1) is 26.2. The van der Waals surface area contributed by atoms with Crippen molar-refractivity contribution in [2.75, 3.05) is 13.7 Å². The molecule has 35 heavy (non-hydrogen) atoms. The summed E-state index contributed by atoms with van der Waals surface area (Å²) >= 11 is 0. The maximum atomic E-state index is 13.3. The summed E-state index contributed by atoms with van der Waals surface area (Å²) in [6.07, 6.45) is 1.72. The zero-order chi connectivity index (χ0) is 25.4. The summed E-state index contributed by atoms with van der Waals surface area (Å²) in [5.41, 5.74) is -0.258. The Bertz CT molecular complexity index is 1000. The number of pyridine rings is 1. The third kappa shape index (κ3) is 6.82. The highest BCUT2D eigenvalue weighted by atomic mass is 19.1. The number of ether oxygens (including phenoxy) is 4. The Morgan fingerprint density at radius 3 is 2.69 bits per heavy atom. The van der Waals surface area contributed by atoms with E-state index in [1.165, 1.54) is 43.6 Å². The van der Waals surface area contributed by atoms with Crippen molar-refractivity contribution in [1.29, 1.82) is 0 Å². The number of carbonyl (C=O) groups excluding carboxylic acids is 2. The number of rotatable bonds is 8. The first-order valence-electron chi connectivity index (χ1n) is 11.6. The van der Waals surface area contributed by atoms with Crippen LogP contribution in [0.25, 0.3) is 0 Å². The van der Waals surface area contributed by atoms with Gasteiger partial charge in [0.05, 0.1) is 13.2 Å². The van der Waals surface area contributed by atoms with Gasteiger partial charge in [-0.3, -0.25) is 4.79 Å². The Morgan fingerprint density at radius 1 is 1.26 bits per heavy atom. The molecule has 2 aromatic rings. The van der Waals surface area contributed by atoms with Crippen molar-refractivity contribution in [2.45, 2.75) is 63.9 Å². The molecule has 0 aliphatic carbocycles. The minimum atomic E-state index is -0.964. The van der Waals surface area contributed by atoms with Crippen LogP contribution in [0, 0.1) is 5.82 Å². The van der Waals surface area contributed by atoms with E-state index in [4.69, 9.17) is 18.9 Å². The van der Waals surface area contributed by atoms with E-state index in [1.54, 1.807) is 6.92 Å². The fraction of sp³-hybridized carbons (Fsp3) is 0.480.